The van der Waals surface area contributed by atoms with Gasteiger partial charge in [0.15, 0.2) is 0 Å². The zero-order valence-corrected chi connectivity index (χ0v) is 10.8. The number of nitrogens with one attached hydrogen (secondary N) is 1. The van der Waals surface area contributed by atoms with Crippen LogP contribution in [0.4, 0.5) is 0 Å². The first-order valence-corrected chi connectivity index (χ1v) is 6.64. The van der Waals surface area contributed by atoms with Gasteiger partial charge in [-0.1, -0.05) is 13.3 Å². The third kappa shape index (κ3) is 4.52. The molecule has 1 saturated heterocycles. The van der Waals surface area contributed by atoms with Gasteiger partial charge in [0.05, 0.1) is 0 Å². The van der Waals surface area contributed by atoms with E-state index in [1.807, 2.05) is 7.05 Å². The Morgan fingerprint density at radius 3 is 2.73 bits per heavy atom. The van der Waals surface area contributed by atoms with E-state index in [0.717, 1.165) is 12.0 Å². The molecule has 0 bridgehead atoms. The van der Waals surface area contributed by atoms with E-state index in [0.29, 0.717) is 0 Å². The summed E-state index contributed by atoms with van der Waals surface area (Å²) in [5, 5.41) is 3.21. The number of nitrogens with zero attached hydrogens (tertiary/aromatic N) is 1. The van der Waals surface area contributed by atoms with Crippen molar-refractivity contribution in [1.82, 2.24) is 10.2 Å². The minimum absolute atomic E-state index is 0.808. The molecular formula is C13H28N2. The zero-order chi connectivity index (χ0) is 11.1. The van der Waals surface area contributed by atoms with E-state index >= 15 is 0 Å². The first-order valence-electron chi connectivity index (χ1n) is 6.64. The quantitative estimate of drug-likeness (QED) is 0.681. The number of hydrogen-bond acceptors (Lipinski definition) is 2. The van der Waals surface area contributed by atoms with Crippen LogP contribution in [0.2, 0.25) is 0 Å². The van der Waals surface area contributed by atoms with Gasteiger partial charge in [-0.2, -0.15) is 0 Å². The van der Waals surface area contributed by atoms with Crippen LogP contribution < -0.4 is 5.32 Å². The number of unbranched alkanes of at least 4 members (excludes halogenated alkanes) is 2. The highest BCUT2D eigenvalue weighted by atomic mass is 15.2. The van der Waals surface area contributed by atoms with E-state index in [4.69, 9.17) is 0 Å². The molecule has 15 heavy (non-hydrogen) atoms. The molecule has 0 aromatic rings. The minimum atomic E-state index is 0.808. The number of hydrogen-bond donors (Lipinski definition) is 1. The Balaban J connectivity index is 2.09. The van der Waals surface area contributed by atoms with E-state index < -0.39 is 0 Å². The van der Waals surface area contributed by atoms with Crippen molar-refractivity contribution < 1.29 is 0 Å². The second-order valence-electron chi connectivity index (χ2n) is 5.06. The SMILES string of the molecule is CNCCCCCN1CCCC(C)C1C. The van der Waals surface area contributed by atoms with Crippen molar-refractivity contribution in [2.45, 2.75) is 52.0 Å². The van der Waals surface area contributed by atoms with Gasteiger partial charge in [0.1, 0.15) is 0 Å². The van der Waals surface area contributed by atoms with Crippen LogP contribution in [-0.2, 0) is 0 Å². The minimum Gasteiger partial charge on any atom is -0.320 e. The van der Waals surface area contributed by atoms with Crippen molar-refractivity contribution >= 4 is 0 Å². The molecule has 1 fully saturated rings. The van der Waals surface area contributed by atoms with Gasteiger partial charge in [0.25, 0.3) is 0 Å². The van der Waals surface area contributed by atoms with Gasteiger partial charge in [-0.05, 0) is 65.2 Å². The maximum atomic E-state index is 3.21. The molecule has 0 spiro atoms. The number of rotatable bonds is 6. The second kappa shape index (κ2) is 7.24. The molecule has 0 saturated carbocycles. The van der Waals surface area contributed by atoms with E-state index in [2.05, 4.69) is 24.1 Å². The van der Waals surface area contributed by atoms with Crippen LogP contribution in [0.25, 0.3) is 0 Å². The topological polar surface area (TPSA) is 15.3 Å². The molecule has 0 amide bonds. The summed E-state index contributed by atoms with van der Waals surface area (Å²) in [6, 6.07) is 0.808. The Hall–Kier alpha value is -0.0800. The van der Waals surface area contributed by atoms with Gasteiger partial charge < -0.3 is 10.2 Å². The number of piperidine rings is 1. The average molecular weight is 212 g/mol. The Morgan fingerprint density at radius 2 is 2.00 bits per heavy atom. The third-order valence-electron chi connectivity index (χ3n) is 3.88. The van der Waals surface area contributed by atoms with Gasteiger partial charge in [0, 0.05) is 6.04 Å². The van der Waals surface area contributed by atoms with Crippen molar-refractivity contribution in [2.75, 3.05) is 26.7 Å². The molecule has 2 nitrogen and oxygen atoms in total. The largest absolute Gasteiger partial charge is 0.320 e. The fraction of sp³-hybridized carbons (Fsp3) is 1.00. The monoisotopic (exact) mass is 212 g/mol. The Bertz CT molecular complexity index is 159. The molecule has 2 unspecified atom stereocenters. The highest BCUT2D eigenvalue weighted by Gasteiger charge is 2.23. The molecule has 0 radical (unpaired) electrons. The molecule has 1 N–H and O–H groups in total. The maximum Gasteiger partial charge on any atom is 0.00925 e. The second-order valence-corrected chi connectivity index (χ2v) is 5.06. The Kier molecular flexibility index (Phi) is 6.26. The molecule has 0 aromatic carbocycles. The fourth-order valence-electron chi connectivity index (χ4n) is 2.53. The molecule has 1 heterocycles. The highest BCUT2D eigenvalue weighted by molar-refractivity contribution is 4.78. The number of likely N-dealkylation sites (tertiary alicyclic amines) is 1. The summed E-state index contributed by atoms with van der Waals surface area (Å²) < 4.78 is 0. The molecule has 90 valence electrons. The van der Waals surface area contributed by atoms with Crippen LogP contribution in [-0.4, -0.2) is 37.6 Å². The normalized spacial score (nSPS) is 28.2. The summed E-state index contributed by atoms with van der Waals surface area (Å²) in [6.45, 7) is 8.62. The van der Waals surface area contributed by atoms with Crippen molar-refractivity contribution in [3.8, 4) is 0 Å². The first-order chi connectivity index (χ1) is 7.25. The molecule has 0 aliphatic carbocycles. The van der Waals surface area contributed by atoms with E-state index in [1.165, 1.54) is 51.7 Å². The van der Waals surface area contributed by atoms with Crippen LogP contribution in [0.5, 0.6) is 0 Å². The van der Waals surface area contributed by atoms with Crippen molar-refractivity contribution in [1.29, 1.82) is 0 Å². The smallest absolute Gasteiger partial charge is 0.00925 e. The Labute approximate surface area is 95.4 Å². The molecule has 2 heteroatoms. The van der Waals surface area contributed by atoms with Crippen LogP contribution in [0.1, 0.15) is 46.0 Å². The standard InChI is InChI=1S/C13H28N2/c1-12-8-7-11-15(13(12)2)10-6-4-5-9-14-3/h12-14H,4-11H2,1-3H3. The lowest BCUT2D eigenvalue weighted by atomic mass is 9.92. The summed E-state index contributed by atoms with van der Waals surface area (Å²) >= 11 is 0. The lowest BCUT2D eigenvalue weighted by Gasteiger charge is -2.37. The summed E-state index contributed by atoms with van der Waals surface area (Å²) in [5.74, 6) is 0.899. The van der Waals surface area contributed by atoms with Gasteiger partial charge in [-0.25, -0.2) is 0 Å². The van der Waals surface area contributed by atoms with Crippen LogP contribution in [0.3, 0.4) is 0 Å². The Morgan fingerprint density at radius 1 is 1.20 bits per heavy atom. The molecule has 0 aromatic heterocycles. The maximum absolute atomic E-state index is 3.21. The van der Waals surface area contributed by atoms with Crippen LogP contribution in [0, 0.1) is 5.92 Å². The van der Waals surface area contributed by atoms with Crippen molar-refractivity contribution in [2.24, 2.45) is 5.92 Å². The predicted octanol–water partition coefficient (Wildman–Crippen LogP) is 2.50. The molecular weight excluding hydrogens is 184 g/mol. The van der Waals surface area contributed by atoms with Gasteiger partial charge in [-0.3, -0.25) is 0 Å². The van der Waals surface area contributed by atoms with Crippen molar-refractivity contribution in [3.05, 3.63) is 0 Å². The van der Waals surface area contributed by atoms with E-state index in [9.17, 15) is 0 Å². The summed E-state index contributed by atoms with van der Waals surface area (Å²) in [6.07, 6.45) is 6.91. The third-order valence-corrected chi connectivity index (χ3v) is 3.88. The summed E-state index contributed by atoms with van der Waals surface area (Å²) in [7, 11) is 2.04. The van der Waals surface area contributed by atoms with Crippen LogP contribution in [0.15, 0.2) is 0 Å². The van der Waals surface area contributed by atoms with Crippen molar-refractivity contribution in [3.63, 3.8) is 0 Å². The summed E-state index contributed by atoms with van der Waals surface area (Å²) in [4.78, 5) is 2.69. The fourth-order valence-corrected chi connectivity index (χ4v) is 2.53. The molecule has 2 atom stereocenters. The van der Waals surface area contributed by atoms with Gasteiger partial charge in [-0.15, -0.1) is 0 Å². The molecule has 1 rings (SSSR count). The van der Waals surface area contributed by atoms with E-state index in [-0.39, 0.29) is 0 Å². The van der Waals surface area contributed by atoms with Gasteiger partial charge >= 0.3 is 0 Å². The predicted molar refractivity (Wildman–Crippen MR) is 67.2 cm³/mol. The lowest BCUT2D eigenvalue weighted by Crippen LogP contribution is -2.42. The molecule has 1 aliphatic heterocycles. The average Bonchev–Trinajstić information content (AvgIpc) is 2.24. The zero-order valence-electron chi connectivity index (χ0n) is 10.8. The van der Waals surface area contributed by atoms with Crippen LogP contribution >= 0.6 is 0 Å². The molecule has 1 aliphatic rings. The highest BCUT2D eigenvalue weighted by Crippen LogP contribution is 2.22. The first kappa shape index (κ1) is 13.0. The lowest BCUT2D eigenvalue weighted by molar-refractivity contribution is 0.112. The van der Waals surface area contributed by atoms with E-state index in [1.54, 1.807) is 0 Å². The van der Waals surface area contributed by atoms with Gasteiger partial charge in [0.2, 0.25) is 0 Å². The summed E-state index contributed by atoms with van der Waals surface area (Å²) in [5.41, 5.74) is 0.